The standard InChI is InChI=1S/C31H27F2N5O3S.C24H20BrF2N5O.C7H9BO4S/c1-19-30(25-5-3-4-10-34-25)37-27-16-21(32)15-24(33)29(27)31(19)36-26-17-28(38-11-13-41-14-12-38)35-18-23(26)20-6-8-22(9-7-20)42(2,39)40;1-14-23(18-4-2-3-5-28-18)31-20-11-15(26)10-17(27)22(20)24(14)30-19-12-21(29-13-16(19)25)32-6-8-33-9-7-32;1-13(11,12)7-4-2-6(3-5-7)8(9)10/h3-10,15-18H,11-14H2,1-2H3,(H,35,36,37);2-5,10-13H,6-9H2,1H3,(H,29,30,31);2-5,9-10H,1H3. The molecular formula is C62H56BBrF4N10O8S2. The van der Waals surface area contributed by atoms with Gasteiger partial charge in [0.15, 0.2) is 19.7 Å². The molecular weight excluding hydrogens is 1240 g/mol. The molecule has 0 unspecified atom stereocenters. The highest BCUT2D eigenvalue weighted by Crippen LogP contribution is 2.42. The summed E-state index contributed by atoms with van der Waals surface area (Å²) in [6, 6.07) is 30.7. The molecule has 4 aromatic carbocycles. The smallest absolute Gasteiger partial charge is 0.423 e. The van der Waals surface area contributed by atoms with Gasteiger partial charge in [0.05, 0.1) is 108 Å². The molecule has 0 bridgehead atoms. The van der Waals surface area contributed by atoms with Crippen molar-refractivity contribution in [2.24, 2.45) is 0 Å². The van der Waals surface area contributed by atoms with Gasteiger partial charge in [-0.25, -0.2) is 54.3 Å². The molecule has 0 aliphatic carbocycles. The van der Waals surface area contributed by atoms with Crippen LogP contribution in [0.1, 0.15) is 11.1 Å². The first-order valence-corrected chi connectivity index (χ1v) is 31.9. The van der Waals surface area contributed by atoms with Gasteiger partial charge >= 0.3 is 7.12 Å². The molecule has 2 aliphatic heterocycles. The SMILES string of the molecule is CS(=O)(=O)c1ccc(B(O)O)cc1.Cc1c(-c2ccccn2)nc2cc(F)cc(F)c2c1Nc1cc(N2CCOCC2)ncc1-c1ccc(S(C)(=O)=O)cc1.Cc1c(-c2ccccn2)nc2cc(F)cc(F)c2c1Nc1cc(N2CCOCC2)ncc1Br. The van der Waals surface area contributed by atoms with Gasteiger partial charge in [-0.15, -0.1) is 0 Å². The lowest BCUT2D eigenvalue weighted by atomic mass is 9.81. The van der Waals surface area contributed by atoms with Gasteiger partial charge in [0.2, 0.25) is 0 Å². The van der Waals surface area contributed by atoms with Gasteiger partial charge < -0.3 is 40.0 Å². The van der Waals surface area contributed by atoms with Crippen LogP contribution in [0.25, 0.3) is 55.7 Å². The van der Waals surface area contributed by atoms with Crippen LogP contribution < -0.4 is 25.9 Å². The van der Waals surface area contributed by atoms with Crippen LogP contribution in [0.3, 0.4) is 0 Å². The van der Waals surface area contributed by atoms with Crippen LogP contribution in [-0.2, 0) is 29.1 Å². The molecule has 88 heavy (non-hydrogen) atoms. The normalized spacial score (nSPS) is 13.5. The molecule has 0 saturated carbocycles. The van der Waals surface area contributed by atoms with Crippen molar-refractivity contribution in [3.05, 3.63) is 185 Å². The second-order valence-electron chi connectivity index (χ2n) is 20.5. The van der Waals surface area contributed by atoms with Crippen LogP contribution in [0.2, 0.25) is 0 Å². The third kappa shape index (κ3) is 14.4. The molecule has 12 rings (SSSR count). The first-order valence-electron chi connectivity index (χ1n) is 27.3. The summed E-state index contributed by atoms with van der Waals surface area (Å²) in [5.74, 6) is -1.37. The van der Waals surface area contributed by atoms with E-state index in [9.17, 15) is 25.6 Å². The highest BCUT2D eigenvalue weighted by atomic mass is 79.9. The first-order chi connectivity index (χ1) is 42.1. The molecule has 2 saturated heterocycles. The zero-order valence-corrected chi connectivity index (χ0v) is 50.9. The van der Waals surface area contributed by atoms with Crippen molar-refractivity contribution in [3.8, 4) is 33.9 Å². The summed E-state index contributed by atoms with van der Waals surface area (Å²) in [6.07, 6.45) is 8.96. The van der Waals surface area contributed by atoms with Crippen molar-refractivity contribution < 1.29 is 53.9 Å². The molecule has 10 aromatic rings. The number of rotatable bonds is 12. The number of pyridine rings is 6. The number of ether oxygens (including phenoxy) is 2. The minimum Gasteiger partial charge on any atom is -0.423 e. The summed E-state index contributed by atoms with van der Waals surface area (Å²) >= 11 is 3.54. The summed E-state index contributed by atoms with van der Waals surface area (Å²) in [7, 11) is -8.16. The fourth-order valence-electron chi connectivity index (χ4n) is 9.90. The number of fused-ring (bicyclic) bond motifs is 2. The average Bonchev–Trinajstić information content (AvgIpc) is 2.04. The maximum absolute atomic E-state index is 15.4. The van der Waals surface area contributed by atoms with Crippen molar-refractivity contribution in [1.82, 2.24) is 29.9 Å². The van der Waals surface area contributed by atoms with Crippen LogP contribution in [0.4, 0.5) is 51.9 Å². The van der Waals surface area contributed by atoms with Crippen LogP contribution in [-0.4, -0.2) is 129 Å². The predicted octanol–water partition coefficient (Wildman–Crippen LogP) is 10.3. The van der Waals surface area contributed by atoms with Crippen LogP contribution in [0.15, 0.2) is 160 Å². The maximum Gasteiger partial charge on any atom is 0.488 e. The largest absolute Gasteiger partial charge is 0.488 e. The molecule has 0 spiro atoms. The Hall–Kier alpha value is -8.50. The van der Waals surface area contributed by atoms with E-state index in [2.05, 4.69) is 61.3 Å². The number of benzene rings is 4. The van der Waals surface area contributed by atoms with Crippen molar-refractivity contribution in [2.75, 3.05) is 85.6 Å². The number of nitrogens with zero attached hydrogens (tertiary/aromatic N) is 8. The van der Waals surface area contributed by atoms with Gasteiger partial charge in [-0.3, -0.25) is 9.97 Å². The maximum atomic E-state index is 15.4. The number of anilines is 6. The minimum atomic E-state index is -3.39. The van der Waals surface area contributed by atoms with E-state index in [1.165, 1.54) is 36.4 Å². The molecule has 2 fully saturated rings. The Kier molecular flexibility index (Phi) is 19.1. The molecule has 4 N–H and O–H groups in total. The highest BCUT2D eigenvalue weighted by Gasteiger charge is 2.24. The summed E-state index contributed by atoms with van der Waals surface area (Å²) < 4.78 is 117. The van der Waals surface area contributed by atoms with E-state index in [1.54, 1.807) is 67.3 Å². The number of morpholine rings is 2. The van der Waals surface area contributed by atoms with Gasteiger partial charge in [-0.05, 0) is 89.3 Å². The van der Waals surface area contributed by atoms with Gasteiger partial charge in [-0.1, -0.05) is 36.4 Å². The van der Waals surface area contributed by atoms with Gasteiger partial charge in [0.25, 0.3) is 0 Å². The molecule has 26 heteroatoms. The third-order valence-electron chi connectivity index (χ3n) is 14.4. The van der Waals surface area contributed by atoms with Gasteiger partial charge in [-0.2, -0.15) is 0 Å². The number of hydrogen-bond acceptors (Lipinski definition) is 18. The lowest BCUT2D eigenvalue weighted by molar-refractivity contribution is 0.122. The van der Waals surface area contributed by atoms with Crippen molar-refractivity contribution >= 4 is 104 Å². The Balaban J connectivity index is 0.000000165. The van der Waals surface area contributed by atoms with E-state index in [0.29, 0.717) is 118 Å². The predicted molar refractivity (Wildman–Crippen MR) is 336 cm³/mol. The van der Waals surface area contributed by atoms with E-state index in [0.717, 1.165) is 43.6 Å². The van der Waals surface area contributed by atoms with Crippen molar-refractivity contribution in [1.29, 1.82) is 0 Å². The zero-order valence-electron chi connectivity index (χ0n) is 47.7. The summed E-state index contributed by atoms with van der Waals surface area (Å²) in [5, 5.41) is 24.6. The monoisotopic (exact) mass is 1300 g/mol. The average molecular weight is 1300 g/mol. The lowest BCUT2D eigenvalue weighted by Gasteiger charge is -2.28. The number of hydrogen-bond donors (Lipinski definition) is 4. The third-order valence-corrected chi connectivity index (χ3v) is 17.3. The summed E-state index contributed by atoms with van der Waals surface area (Å²) in [4.78, 5) is 31.8. The minimum absolute atomic E-state index is 0.136. The number of aromatic nitrogens is 6. The second kappa shape index (κ2) is 26.9. The molecule has 8 heterocycles. The van der Waals surface area contributed by atoms with E-state index >= 15 is 8.78 Å². The van der Waals surface area contributed by atoms with Crippen LogP contribution >= 0.6 is 15.9 Å². The lowest BCUT2D eigenvalue weighted by Crippen LogP contribution is -2.36. The fourth-order valence-corrected chi connectivity index (χ4v) is 11.5. The van der Waals surface area contributed by atoms with Crippen LogP contribution in [0, 0.1) is 37.1 Å². The van der Waals surface area contributed by atoms with E-state index in [4.69, 9.17) is 24.5 Å². The second-order valence-corrected chi connectivity index (χ2v) is 25.4. The molecule has 0 atom stereocenters. The van der Waals surface area contributed by atoms with Crippen molar-refractivity contribution in [3.63, 3.8) is 0 Å². The Bertz CT molecular complexity index is 4430. The Labute approximate surface area is 513 Å². The number of halogens is 5. The number of sulfone groups is 2. The Morgan fingerprint density at radius 2 is 0.989 bits per heavy atom. The quantitative estimate of drug-likeness (QED) is 0.0657. The molecule has 452 valence electrons. The molecule has 0 amide bonds. The fraction of sp³-hybridized carbons (Fsp3) is 0.194. The zero-order chi connectivity index (χ0) is 62.4. The molecule has 2 aliphatic rings. The summed E-state index contributed by atoms with van der Waals surface area (Å²) in [6.45, 7) is 8.86. The van der Waals surface area contributed by atoms with Gasteiger partial charge in [0.1, 0.15) is 34.9 Å². The van der Waals surface area contributed by atoms with E-state index in [-0.39, 0.29) is 37.1 Å². The summed E-state index contributed by atoms with van der Waals surface area (Å²) in [5.41, 5.74) is 7.74. The Morgan fingerprint density at radius 1 is 0.557 bits per heavy atom. The van der Waals surface area contributed by atoms with E-state index in [1.807, 2.05) is 44.2 Å². The Morgan fingerprint density at radius 3 is 1.42 bits per heavy atom. The van der Waals surface area contributed by atoms with Gasteiger partial charge in [0, 0.05) is 117 Å². The first kappa shape index (κ1) is 62.6. The molecule has 6 aromatic heterocycles. The van der Waals surface area contributed by atoms with Crippen LogP contribution in [0.5, 0.6) is 0 Å². The van der Waals surface area contributed by atoms with E-state index < -0.39 is 50.1 Å². The highest BCUT2D eigenvalue weighted by molar-refractivity contribution is 9.10. The molecule has 18 nitrogen and oxygen atoms in total. The molecule has 0 radical (unpaired) electrons. The number of nitrogens with one attached hydrogen (secondary N) is 2. The van der Waals surface area contributed by atoms with Crippen molar-refractivity contribution in [2.45, 2.75) is 23.6 Å². The topological polar surface area (TPSA) is 235 Å².